The fourth-order valence-electron chi connectivity index (χ4n) is 1.81. The quantitative estimate of drug-likeness (QED) is 0.867. The number of aromatic amines is 1. The van der Waals surface area contributed by atoms with Crippen LogP contribution in [-0.4, -0.2) is 19.7 Å². The first-order valence-corrected chi connectivity index (χ1v) is 7.33. The summed E-state index contributed by atoms with van der Waals surface area (Å²) in [5.74, 6) is 1.51. The van der Waals surface area contributed by atoms with E-state index in [1.54, 1.807) is 11.3 Å². The maximum absolute atomic E-state index is 5.25. The molecule has 0 spiro atoms. The lowest BCUT2D eigenvalue weighted by molar-refractivity contribution is 0.597. The zero-order chi connectivity index (χ0) is 13.3. The number of aromatic nitrogens is 4. The molecule has 0 unspecified atom stereocenters. The largest absolute Gasteiger partial charge is 0.297 e. The molecule has 0 aliphatic heterocycles. The molecule has 2 aromatic heterocycles. The maximum Gasteiger partial charge on any atom is 0.195 e. The summed E-state index contributed by atoms with van der Waals surface area (Å²) in [6.07, 6.45) is 2.91. The van der Waals surface area contributed by atoms with Crippen LogP contribution in [0.4, 0.5) is 0 Å². The Bertz CT molecular complexity index is 577. The van der Waals surface area contributed by atoms with Gasteiger partial charge >= 0.3 is 0 Å². The minimum Gasteiger partial charge on any atom is -0.297 e. The highest BCUT2D eigenvalue weighted by Crippen LogP contribution is 2.27. The molecule has 2 heterocycles. The average Bonchev–Trinajstić information content (AvgIpc) is 2.83. The van der Waals surface area contributed by atoms with Gasteiger partial charge in [0, 0.05) is 18.7 Å². The highest BCUT2D eigenvalue weighted by molar-refractivity contribution is 7.71. The second-order valence-corrected chi connectivity index (χ2v) is 6.53. The van der Waals surface area contributed by atoms with Crippen LogP contribution in [-0.2, 0) is 6.42 Å². The van der Waals surface area contributed by atoms with Crippen LogP contribution in [0.1, 0.15) is 38.7 Å². The van der Waals surface area contributed by atoms with Crippen molar-refractivity contribution in [1.29, 1.82) is 0 Å². The molecule has 4 nitrogen and oxygen atoms in total. The minimum atomic E-state index is 0.293. The topological polar surface area (TPSA) is 46.5 Å². The minimum absolute atomic E-state index is 0.293. The number of nitrogens with one attached hydrogen (secondary N) is 1. The van der Waals surface area contributed by atoms with E-state index in [1.807, 2.05) is 10.8 Å². The van der Waals surface area contributed by atoms with Crippen LogP contribution in [0.25, 0.3) is 10.7 Å². The summed E-state index contributed by atoms with van der Waals surface area (Å²) in [5, 5.41) is 8.33. The molecule has 2 rings (SSSR count). The molecule has 6 heteroatoms. The van der Waals surface area contributed by atoms with Gasteiger partial charge in [0.05, 0.1) is 9.88 Å². The van der Waals surface area contributed by atoms with E-state index < -0.39 is 0 Å². The van der Waals surface area contributed by atoms with Gasteiger partial charge in [0.15, 0.2) is 10.6 Å². The highest BCUT2D eigenvalue weighted by atomic mass is 32.1. The van der Waals surface area contributed by atoms with E-state index >= 15 is 0 Å². The summed E-state index contributed by atoms with van der Waals surface area (Å²) >= 11 is 6.95. The van der Waals surface area contributed by atoms with E-state index in [0.29, 0.717) is 16.7 Å². The Kier molecular flexibility index (Phi) is 3.97. The van der Waals surface area contributed by atoms with Crippen molar-refractivity contribution in [3.8, 4) is 10.7 Å². The molecule has 0 amide bonds. The fraction of sp³-hybridized carbons (Fsp3) is 0.583. The summed E-state index contributed by atoms with van der Waals surface area (Å²) in [6.45, 7) is 8.60. The Morgan fingerprint density at radius 1 is 1.39 bits per heavy atom. The summed E-state index contributed by atoms with van der Waals surface area (Å²) < 4.78 is 2.70. The number of nitrogens with zero attached hydrogens (tertiary/aromatic N) is 3. The fourth-order valence-corrected chi connectivity index (χ4v) is 3.27. The highest BCUT2D eigenvalue weighted by Gasteiger charge is 2.14. The zero-order valence-electron chi connectivity index (χ0n) is 11.1. The second-order valence-electron chi connectivity index (χ2n) is 5.03. The first kappa shape index (κ1) is 13.4. The van der Waals surface area contributed by atoms with E-state index in [4.69, 9.17) is 12.2 Å². The summed E-state index contributed by atoms with van der Waals surface area (Å²) in [6, 6.07) is 0.293. The lowest BCUT2D eigenvalue weighted by Crippen LogP contribution is -2.02. The second kappa shape index (κ2) is 5.32. The van der Waals surface area contributed by atoms with E-state index in [9.17, 15) is 0 Å². The summed E-state index contributed by atoms with van der Waals surface area (Å²) in [5.41, 5.74) is 0. The molecule has 0 saturated heterocycles. The molecule has 0 saturated carbocycles. The van der Waals surface area contributed by atoms with E-state index in [0.717, 1.165) is 22.1 Å². The van der Waals surface area contributed by atoms with Crippen LogP contribution in [0.3, 0.4) is 0 Å². The third-order valence-corrected chi connectivity index (χ3v) is 3.88. The smallest absolute Gasteiger partial charge is 0.195 e. The molecule has 98 valence electrons. The summed E-state index contributed by atoms with van der Waals surface area (Å²) in [7, 11) is 0. The Labute approximate surface area is 116 Å². The molecule has 0 fully saturated rings. The molecular formula is C12H18N4S2. The summed E-state index contributed by atoms with van der Waals surface area (Å²) in [4.78, 5) is 5.54. The van der Waals surface area contributed by atoms with E-state index in [1.165, 1.54) is 0 Å². The Balaban J connectivity index is 2.37. The predicted molar refractivity (Wildman–Crippen MR) is 77.4 cm³/mol. The van der Waals surface area contributed by atoms with Crippen LogP contribution < -0.4 is 0 Å². The van der Waals surface area contributed by atoms with Crippen molar-refractivity contribution < 1.29 is 0 Å². The van der Waals surface area contributed by atoms with Crippen molar-refractivity contribution in [3.05, 3.63) is 16.0 Å². The van der Waals surface area contributed by atoms with Gasteiger partial charge in [-0.25, -0.2) is 4.98 Å². The third kappa shape index (κ3) is 2.70. The number of hydrogen-bond acceptors (Lipinski definition) is 4. The van der Waals surface area contributed by atoms with Gasteiger partial charge in [0.1, 0.15) is 0 Å². The standard InChI is InChI=1S/C12H18N4S2/c1-7(2)5-10-13-6-9(18-10)11-14-15-12(17)16(11)8(3)4/h6-8H,5H2,1-4H3,(H,15,17). The lowest BCUT2D eigenvalue weighted by Gasteiger charge is -2.08. The van der Waals surface area contributed by atoms with Gasteiger partial charge in [-0.3, -0.25) is 9.67 Å². The van der Waals surface area contributed by atoms with E-state index in [-0.39, 0.29) is 0 Å². The maximum atomic E-state index is 5.25. The van der Waals surface area contributed by atoms with Gasteiger partial charge in [0.2, 0.25) is 0 Å². The number of hydrogen-bond donors (Lipinski definition) is 1. The van der Waals surface area contributed by atoms with Crippen molar-refractivity contribution in [2.24, 2.45) is 5.92 Å². The zero-order valence-corrected chi connectivity index (χ0v) is 12.7. The van der Waals surface area contributed by atoms with Crippen LogP contribution >= 0.6 is 23.6 Å². The molecule has 0 aliphatic carbocycles. The van der Waals surface area contributed by atoms with Crippen molar-refractivity contribution in [3.63, 3.8) is 0 Å². The average molecular weight is 282 g/mol. The van der Waals surface area contributed by atoms with Gasteiger partial charge in [-0.1, -0.05) is 13.8 Å². The molecule has 18 heavy (non-hydrogen) atoms. The number of thiazole rings is 1. The van der Waals surface area contributed by atoms with Gasteiger partial charge < -0.3 is 0 Å². The first-order valence-electron chi connectivity index (χ1n) is 6.11. The number of H-pyrrole nitrogens is 1. The predicted octanol–water partition coefficient (Wildman–Crippen LogP) is 3.84. The van der Waals surface area contributed by atoms with Crippen molar-refractivity contribution >= 4 is 23.6 Å². The molecule has 0 atom stereocenters. The van der Waals surface area contributed by atoms with Gasteiger partial charge in [-0.15, -0.1) is 11.3 Å². The molecule has 2 aromatic rings. The van der Waals surface area contributed by atoms with Crippen molar-refractivity contribution in [2.45, 2.75) is 40.2 Å². The number of rotatable bonds is 4. The molecular weight excluding hydrogens is 264 g/mol. The normalized spacial score (nSPS) is 11.7. The van der Waals surface area contributed by atoms with Crippen LogP contribution in [0.2, 0.25) is 0 Å². The van der Waals surface area contributed by atoms with Crippen LogP contribution in [0, 0.1) is 10.7 Å². The molecule has 0 aromatic carbocycles. The van der Waals surface area contributed by atoms with Crippen molar-refractivity contribution in [2.75, 3.05) is 0 Å². The molecule has 0 bridgehead atoms. The monoisotopic (exact) mass is 282 g/mol. The Morgan fingerprint density at radius 2 is 2.11 bits per heavy atom. The Hall–Kier alpha value is -1.01. The molecule has 0 aliphatic rings. The van der Waals surface area contributed by atoms with Crippen LogP contribution in [0.5, 0.6) is 0 Å². The lowest BCUT2D eigenvalue weighted by atomic mass is 10.1. The molecule has 0 radical (unpaired) electrons. The first-order chi connectivity index (χ1) is 8.49. The van der Waals surface area contributed by atoms with Gasteiger partial charge in [0.25, 0.3) is 0 Å². The third-order valence-electron chi connectivity index (χ3n) is 2.58. The van der Waals surface area contributed by atoms with Crippen molar-refractivity contribution in [1.82, 2.24) is 19.7 Å². The van der Waals surface area contributed by atoms with Gasteiger partial charge in [-0.2, -0.15) is 5.10 Å². The van der Waals surface area contributed by atoms with E-state index in [2.05, 4.69) is 42.9 Å². The van der Waals surface area contributed by atoms with Gasteiger partial charge in [-0.05, 0) is 32.0 Å². The molecule has 1 N–H and O–H groups in total. The SMILES string of the molecule is CC(C)Cc1ncc(-c2n[nH]c(=S)n2C(C)C)s1. The van der Waals surface area contributed by atoms with Crippen LogP contribution in [0.15, 0.2) is 6.20 Å². The Morgan fingerprint density at radius 3 is 2.72 bits per heavy atom.